The van der Waals surface area contributed by atoms with Crippen molar-refractivity contribution < 1.29 is 37.3 Å². The van der Waals surface area contributed by atoms with Crippen LogP contribution < -0.4 is 10.2 Å². The monoisotopic (exact) mass is 1170 g/mol. The van der Waals surface area contributed by atoms with E-state index in [1.165, 1.54) is 83.5 Å². The van der Waals surface area contributed by atoms with Gasteiger partial charge in [-0.1, -0.05) is 265 Å². The number of unbranched alkanes of at least 4 members (excludes halogenated alkanes) is 26. The zero-order chi connectivity index (χ0) is 60.7. The molecule has 10 heteroatoms. The van der Waals surface area contributed by atoms with E-state index < -0.39 is 26.6 Å². The predicted molar refractivity (Wildman–Crippen MR) is 357 cm³/mol. The van der Waals surface area contributed by atoms with Crippen molar-refractivity contribution in [3.63, 3.8) is 0 Å². The molecule has 0 radical (unpaired) electrons. The second kappa shape index (κ2) is 61.5. The Morgan fingerprint density at radius 1 is 0.434 bits per heavy atom. The summed E-state index contributed by atoms with van der Waals surface area (Å²) in [5.74, 6) is -0.576. The highest BCUT2D eigenvalue weighted by Crippen LogP contribution is 2.38. The second-order valence-electron chi connectivity index (χ2n) is 23.6. The number of allylic oxidation sites excluding steroid dienone is 19. The average molecular weight is 1180 g/mol. The molecule has 476 valence electrons. The summed E-state index contributed by atoms with van der Waals surface area (Å²) < 4.78 is 30.4. The minimum atomic E-state index is -4.72. The van der Waals surface area contributed by atoms with Gasteiger partial charge >= 0.3 is 5.97 Å². The Balaban J connectivity index is 5.25. The van der Waals surface area contributed by atoms with Gasteiger partial charge in [-0.15, -0.1) is 0 Å². The molecule has 0 saturated heterocycles. The molecule has 0 rings (SSSR count). The van der Waals surface area contributed by atoms with Crippen LogP contribution in [0.5, 0.6) is 0 Å². The van der Waals surface area contributed by atoms with Gasteiger partial charge in [0.2, 0.25) is 5.91 Å². The number of likely N-dealkylation sites (N-methyl/N-ethyl adjacent to an activating group) is 1. The third kappa shape index (κ3) is 62.8. The van der Waals surface area contributed by atoms with Crippen molar-refractivity contribution in [3.8, 4) is 0 Å². The number of rotatable bonds is 60. The fraction of sp³-hybridized carbons (Fsp3) is 0.699. The van der Waals surface area contributed by atoms with Crippen LogP contribution in [0, 0.1) is 0 Å². The van der Waals surface area contributed by atoms with Crippen molar-refractivity contribution in [1.82, 2.24) is 5.32 Å². The van der Waals surface area contributed by atoms with Crippen LogP contribution in [-0.2, 0) is 27.9 Å². The Morgan fingerprint density at radius 2 is 0.771 bits per heavy atom. The molecule has 0 spiro atoms. The molecule has 0 aromatic rings. The van der Waals surface area contributed by atoms with Crippen molar-refractivity contribution in [1.29, 1.82) is 0 Å². The molecule has 1 amide bonds. The van der Waals surface area contributed by atoms with E-state index >= 15 is 0 Å². The van der Waals surface area contributed by atoms with E-state index in [2.05, 4.69) is 135 Å². The zero-order valence-corrected chi connectivity index (χ0v) is 55.3. The molecule has 0 heterocycles. The zero-order valence-electron chi connectivity index (χ0n) is 54.4. The van der Waals surface area contributed by atoms with Gasteiger partial charge in [-0.25, -0.2) is 0 Å². The smallest absolute Gasteiger partial charge is 0.306 e. The maximum atomic E-state index is 13.6. The van der Waals surface area contributed by atoms with Crippen LogP contribution in [0.1, 0.15) is 278 Å². The Hall–Kier alpha value is -3.59. The third-order valence-electron chi connectivity index (χ3n) is 14.4. The summed E-state index contributed by atoms with van der Waals surface area (Å²) in [7, 11) is 1.15. The lowest BCUT2D eigenvalue weighted by atomic mass is 10.0. The maximum Gasteiger partial charge on any atom is 0.306 e. The fourth-order valence-electron chi connectivity index (χ4n) is 9.18. The Bertz CT molecular complexity index is 1830. The van der Waals surface area contributed by atoms with Gasteiger partial charge in [-0.2, -0.15) is 0 Å². The first-order valence-corrected chi connectivity index (χ1v) is 35.3. The quantitative estimate of drug-likeness (QED) is 0.0212. The molecule has 0 aliphatic carbocycles. The first-order chi connectivity index (χ1) is 40.4. The second-order valence-corrected chi connectivity index (χ2v) is 25.0. The summed E-state index contributed by atoms with van der Waals surface area (Å²) >= 11 is 0. The Labute approximate surface area is 512 Å². The number of carbonyl (C=O) groups is 2. The molecule has 0 bridgehead atoms. The summed E-state index contributed by atoms with van der Waals surface area (Å²) in [6.45, 7) is 6.68. The van der Waals surface area contributed by atoms with E-state index in [-0.39, 0.29) is 31.3 Å². The van der Waals surface area contributed by atoms with Crippen LogP contribution in [0.15, 0.2) is 122 Å². The molecular formula is C73H127N2O7P. The van der Waals surface area contributed by atoms with Crippen molar-refractivity contribution >= 4 is 19.7 Å². The largest absolute Gasteiger partial charge is 0.756 e. The lowest BCUT2D eigenvalue weighted by Gasteiger charge is -2.30. The SMILES string of the molecule is CC/C=C\C/C=C\C/C=C\C/C=C\C/C=C\C/C=C\CCCCCCCCC(=O)NC(COP(=O)([O-])OCC[N+](C)(C)C)C(/C=C\CCCCCCCCCCCCC)OC(=O)CCCCCCCC/C=C\C/C=C\C/C=C\CCCCC. The summed E-state index contributed by atoms with van der Waals surface area (Å²) in [6.07, 6.45) is 85.9. The van der Waals surface area contributed by atoms with Crippen LogP contribution in [0.3, 0.4) is 0 Å². The van der Waals surface area contributed by atoms with E-state index in [4.69, 9.17) is 13.8 Å². The number of hydrogen-bond acceptors (Lipinski definition) is 7. The topological polar surface area (TPSA) is 114 Å². The van der Waals surface area contributed by atoms with Gasteiger partial charge in [0.1, 0.15) is 19.3 Å². The minimum Gasteiger partial charge on any atom is -0.756 e. The Kier molecular flexibility index (Phi) is 58.8. The molecule has 0 aromatic heterocycles. The normalized spacial score (nSPS) is 14.3. The minimum absolute atomic E-state index is 0.0340. The van der Waals surface area contributed by atoms with E-state index in [0.717, 1.165) is 148 Å². The number of ether oxygens (including phenoxy) is 1. The number of phosphoric acid groups is 1. The molecule has 83 heavy (non-hydrogen) atoms. The number of amides is 1. The molecule has 0 aromatic carbocycles. The maximum absolute atomic E-state index is 13.6. The molecular weight excluding hydrogens is 1050 g/mol. The molecule has 9 nitrogen and oxygen atoms in total. The highest BCUT2D eigenvalue weighted by molar-refractivity contribution is 7.45. The number of esters is 1. The van der Waals surface area contributed by atoms with Crippen LogP contribution in [0.2, 0.25) is 0 Å². The third-order valence-corrected chi connectivity index (χ3v) is 15.3. The van der Waals surface area contributed by atoms with E-state index in [1.54, 1.807) is 0 Å². The average Bonchev–Trinajstić information content (AvgIpc) is 3.46. The summed E-state index contributed by atoms with van der Waals surface area (Å²) in [5.41, 5.74) is 0. The molecule has 3 unspecified atom stereocenters. The molecule has 3 atom stereocenters. The molecule has 0 fully saturated rings. The van der Waals surface area contributed by atoms with Crippen LogP contribution >= 0.6 is 7.82 Å². The van der Waals surface area contributed by atoms with Gasteiger partial charge in [0.05, 0.1) is 33.8 Å². The Morgan fingerprint density at radius 3 is 1.18 bits per heavy atom. The van der Waals surface area contributed by atoms with Crippen LogP contribution in [0.4, 0.5) is 0 Å². The van der Waals surface area contributed by atoms with Gasteiger partial charge in [-0.05, 0) is 122 Å². The number of hydrogen-bond donors (Lipinski definition) is 1. The summed E-state index contributed by atoms with van der Waals surface area (Å²) in [5, 5.41) is 3.03. The number of carbonyl (C=O) groups excluding carboxylic acids is 2. The lowest BCUT2D eigenvalue weighted by Crippen LogP contribution is -2.47. The van der Waals surface area contributed by atoms with Crippen molar-refractivity contribution in [2.75, 3.05) is 40.9 Å². The predicted octanol–water partition coefficient (Wildman–Crippen LogP) is 20.8. The number of nitrogens with zero attached hydrogens (tertiary/aromatic N) is 1. The van der Waals surface area contributed by atoms with Gasteiger partial charge in [0.15, 0.2) is 0 Å². The molecule has 0 saturated carbocycles. The van der Waals surface area contributed by atoms with Crippen molar-refractivity contribution in [2.45, 2.75) is 290 Å². The first-order valence-electron chi connectivity index (χ1n) is 33.8. The van der Waals surface area contributed by atoms with Crippen molar-refractivity contribution in [2.24, 2.45) is 0 Å². The standard InChI is InChI=1S/C73H127N2O7P/c1-7-10-13-16-19-22-25-28-30-32-34-35-36-37-38-39-41-42-44-47-50-53-56-59-62-65-72(76)74-70(69-81-83(78,79)80-68-67-75(4,5)6)71(64-61-58-55-52-49-46-27-24-21-18-15-12-9-3)82-73(77)66-63-60-57-54-51-48-45-43-40-33-31-29-26-23-20-17-14-11-8-2/h10,13,19-20,22-23,28-31,34-35,37-38,40-43,61,64,70-71H,7-9,11-12,14-18,21,24-27,32-33,36,39,44-60,62-63,65-69H2,1-6H3,(H-,74,76,78,79)/b13-10-,22-19-,23-20-,30-28-,31-29-,35-34-,38-37-,42-41-,43-40-,64-61-. The van der Waals surface area contributed by atoms with Gasteiger partial charge < -0.3 is 28.5 Å². The van der Waals surface area contributed by atoms with E-state index in [0.29, 0.717) is 23.9 Å². The first kappa shape index (κ1) is 79.4. The highest BCUT2D eigenvalue weighted by Gasteiger charge is 2.27. The number of phosphoric ester groups is 1. The molecule has 0 aliphatic rings. The summed E-state index contributed by atoms with van der Waals surface area (Å²) in [4.78, 5) is 40.1. The van der Waals surface area contributed by atoms with Gasteiger partial charge in [0, 0.05) is 12.8 Å². The van der Waals surface area contributed by atoms with E-state index in [9.17, 15) is 19.0 Å². The fourth-order valence-corrected chi connectivity index (χ4v) is 9.90. The van der Waals surface area contributed by atoms with Gasteiger partial charge in [-0.3, -0.25) is 14.2 Å². The highest BCUT2D eigenvalue weighted by atomic mass is 31.2. The van der Waals surface area contributed by atoms with Crippen molar-refractivity contribution in [3.05, 3.63) is 122 Å². The number of quaternary nitrogens is 1. The molecule has 1 N–H and O–H groups in total. The van der Waals surface area contributed by atoms with E-state index in [1.807, 2.05) is 33.3 Å². The number of nitrogens with one attached hydrogen (secondary N) is 1. The van der Waals surface area contributed by atoms with Gasteiger partial charge in [0.25, 0.3) is 7.82 Å². The lowest BCUT2D eigenvalue weighted by molar-refractivity contribution is -0.870. The van der Waals surface area contributed by atoms with Crippen LogP contribution in [0.25, 0.3) is 0 Å². The summed E-state index contributed by atoms with van der Waals surface area (Å²) in [6, 6.07) is -0.911. The van der Waals surface area contributed by atoms with Crippen LogP contribution in [-0.4, -0.2) is 69.4 Å². The molecule has 0 aliphatic heterocycles.